The van der Waals surface area contributed by atoms with Crippen molar-refractivity contribution in [3.8, 4) is 0 Å². The van der Waals surface area contributed by atoms with E-state index in [-0.39, 0.29) is 11.8 Å². The third-order valence-corrected chi connectivity index (χ3v) is 5.94. The molecule has 0 aromatic carbocycles. The van der Waals surface area contributed by atoms with Crippen LogP contribution in [0, 0.1) is 11.8 Å². The van der Waals surface area contributed by atoms with Gasteiger partial charge in [-0.15, -0.1) is 0 Å². The zero-order valence-electron chi connectivity index (χ0n) is 14.0. The van der Waals surface area contributed by atoms with Crippen molar-refractivity contribution in [2.75, 3.05) is 18.8 Å². The molecular formula is C16H34N2O2S. The van der Waals surface area contributed by atoms with Gasteiger partial charge in [0.15, 0.2) is 0 Å². The van der Waals surface area contributed by atoms with Gasteiger partial charge >= 0.3 is 0 Å². The number of nitrogens with one attached hydrogen (secondary N) is 2. The van der Waals surface area contributed by atoms with Gasteiger partial charge in [-0.25, -0.2) is 13.1 Å². The third-order valence-electron chi connectivity index (χ3n) is 4.45. The molecule has 0 aromatic rings. The van der Waals surface area contributed by atoms with Gasteiger partial charge in [-0.2, -0.15) is 0 Å². The van der Waals surface area contributed by atoms with Crippen LogP contribution in [0.1, 0.15) is 65.7 Å². The normalized spacial score (nSPS) is 23.6. The molecule has 0 radical (unpaired) electrons. The molecule has 0 spiro atoms. The molecule has 0 heterocycles. The van der Waals surface area contributed by atoms with Crippen molar-refractivity contribution >= 4 is 10.0 Å². The maximum Gasteiger partial charge on any atom is 0.211 e. The first-order valence-corrected chi connectivity index (χ1v) is 10.3. The Morgan fingerprint density at radius 3 is 2.48 bits per heavy atom. The summed E-state index contributed by atoms with van der Waals surface area (Å²) < 4.78 is 27.4. The SMILES string of the molecule is CCCNCCCCS(=O)(=O)NC1CCCCC1C(C)C. The minimum atomic E-state index is -3.12. The predicted molar refractivity (Wildman–Crippen MR) is 89.9 cm³/mol. The van der Waals surface area contributed by atoms with Crippen molar-refractivity contribution in [1.82, 2.24) is 10.0 Å². The molecule has 1 aliphatic rings. The van der Waals surface area contributed by atoms with Crippen molar-refractivity contribution in [2.24, 2.45) is 11.8 Å². The van der Waals surface area contributed by atoms with Gasteiger partial charge < -0.3 is 5.32 Å². The molecule has 21 heavy (non-hydrogen) atoms. The molecule has 1 saturated carbocycles. The van der Waals surface area contributed by atoms with Gasteiger partial charge in [-0.3, -0.25) is 0 Å². The van der Waals surface area contributed by atoms with E-state index in [0.717, 1.165) is 51.6 Å². The van der Waals surface area contributed by atoms with Gasteiger partial charge in [0.05, 0.1) is 5.75 Å². The third kappa shape index (κ3) is 7.61. The molecule has 1 rings (SSSR count). The summed E-state index contributed by atoms with van der Waals surface area (Å²) in [6.07, 6.45) is 7.34. The minimum absolute atomic E-state index is 0.155. The largest absolute Gasteiger partial charge is 0.317 e. The first kappa shape index (κ1) is 18.9. The van der Waals surface area contributed by atoms with E-state index in [0.29, 0.717) is 11.8 Å². The zero-order chi connectivity index (χ0) is 15.7. The molecule has 0 amide bonds. The number of rotatable bonds is 10. The Hall–Kier alpha value is -0.130. The highest BCUT2D eigenvalue weighted by molar-refractivity contribution is 7.89. The first-order chi connectivity index (χ1) is 9.96. The summed E-state index contributed by atoms with van der Waals surface area (Å²) in [6, 6.07) is 0.155. The lowest BCUT2D eigenvalue weighted by Gasteiger charge is -2.34. The maximum absolute atomic E-state index is 12.2. The second-order valence-electron chi connectivity index (χ2n) is 6.69. The lowest BCUT2D eigenvalue weighted by molar-refractivity contribution is 0.226. The van der Waals surface area contributed by atoms with Gasteiger partial charge in [-0.05, 0) is 57.0 Å². The van der Waals surface area contributed by atoms with Crippen LogP contribution in [0.2, 0.25) is 0 Å². The quantitative estimate of drug-likeness (QED) is 0.609. The lowest BCUT2D eigenvalue weighted by atomic mass is 9.78. The van der Waals surface area contributed by atoms with E-state index in [1.165, 1.54) is 6.42 Å². The van der Waals surface area contributed by atoms with Crippen LogP contribution in [-0.4, -0.2) is 33.3 Å². The van der Waals surface area contributed by atoms with E-state index in [4.69, 9.17) is 0 Å². The molecule has 2 atom stereocenters. The van der Waals surface area contributed by atoms with Crippen LogP contribution in [0.4, 0.5) is 0 Å². The van der Waals surface area contributed by atoms with E-state index in [9.17, 15) is 8.42 Å². The van der Waals surface area contributed by atoms with E-state index in [2.05, 4.69) is 30.8 Å². The van der Waals surface area contributed by atoms with Crippen molar-refractivity contribution in [3.63, 3.8) is 0 Å². The fraction of sp³-hybridized carbons (Fsp3) is 1.00. The van der Waals surface area contributed by atoms with Crippen molar-refractivity contribution < 1.29 is 8.42 Å². The van der Waals surface area contributed by atoms with Crippen LogP contribution >= 0.6 is 0 Å². The molecule has 1 fully saturated rings. The number of hydrogen-bond donors (Lipinski definition) is 2. The van der Waals surface area contributed by atoms with E-state index in [1.54, 1.807) is 0 Å². The van der Waals surface area contributed by atoms with Crippen LogP contribution in [0.25, 0.3) is 0 Å². The topological polar surface area (TPSA) is 58.2 Å². The summed E-state index contributed by atoms with van der Waals surface area (Å²) in [4.78, 5) is 0. The molecule has 0 bridgehead atoms. The Kier molecular flexibility index (Phi) is 8.83. The fourth-order valence-corrected chi connectivity index (χ4v) is 4.69. The summed E-state index contributed by atoms with van der Waals surface area (Å²) in [5, 5.41) is 3.31. The van der Waals surface area contributed by atoms with Gasteiger partial charge in [-0.1, -0.05) is 33.6 Å². The maximum atomic E-state index is 12.2. The molecule has 2 N–H and O–H groups in total. The summed E-state index contributed by atoms with van der Waals surface area (Å²) >= 11 is 0. The van der Waals surface area contributed by atoms with Crippen molar-refractivity contribution in [3.05, 3.63) is 0 Å². The monoisotopic (exact) mass is 318 g/mol. The van der Waals surface area contributed by atoms with Crippen LogP contribution < -0.4 is 10.0 Å². The van der Waals surface area contributed by atoms with Crippen molar-refractivity contribution in [1.29, 1.82) is 0 Å². The van der Waals surface area contributed by atoms with Gasteiger partial charge in [0.25, 0.3) is 0 Å². The Morgan fingerprint density at radius 1 is 1.10 bits per heavy atom. The Labute approximate surface area is 131 Å². The van der Waals surface area contributed by atoms with Gasteiger partial charge in [0.2, 0.25) is 10.0 Å². The molecule has 4 nitrogen and oxygen atoms in total. The minimum Gasteiger partial charge on any atom is -0.317 e. The lowest BCUT2D eigenvalue weighted by Crippen LogP contribution is -2.44. The molecule has 0 saturated heterocycles. The molecule has 1 aliphatic carbocycles. The molecule has 126 valence electrons. The van der Waals surface area contributed by atoms with Crippen LogP contribution in [0.3, 0.4) is 0 Å². The average molecular weight is 319 g/mol. The Morgan fingerprint density at radius 2 is 1.81 bits per heavy atom. The first-order valence-electron chi connectivity index (χ1n) is 8.67. The van der Waals surface area contributed by atoms with E-state index in [1.807, 2.05) is 0 Å². The van der Waals surface area contributed by atoms with Gasteiger partial charge in [0.1, 0.15) is 0 Å². The van der Waals surface area contributed by atoms with E-state index < -0.39 is 10.0 Å². The van der Waals surface area contributed by atoms with Gasteiger partial charge in [0, 0.05) is 6.04 Å². The molecular weight excluding hydrogens is 284 g/mol. The highest BCUT2D eigenvalue weighted by atomic mass is 32.2. The smallest absolute Gasteiger partial charge is 0.211 e. The fourth-order valence-electron chi connectivity index (χ4n) is 3.24. The summed E-state index contributed by atoms with van der Waals surface area (Å²) in [7, 11) is -3.12. The summed E-state index contributed by atoms with van der Waals surface area (Å²) in [5.74, 6) is 1.32. The average Bonchev–Trinajstić information content (AvgIpc) is 2.42. The van der Waals surface area contributed by atoms with Crippen LogP contribution in [-0.2, 0) is 10.0 Å². The predicted octanol–water partition coefficient (Wildman–Crippen LogP) is 2.90. The molecule has 0 aliphatic heterocycles. The Balaban J connectivity index is 2.33. The number of unbranched alkanes of at least 4 members (excludes halogenated alkanes) is 1. The molecule has 2 unspecified atom stereocenters. The Bertz CT molecular complexity index is 368. The number of sulfonamides is 1. The standard InChI is InChI=1S/C16H34N2O2S/c1-4-11-17-12-7-8-13-21(19,20)18-16-10-6-5-9-15(16)14(2)3/h14-18H,4-13H2,1-3H3. The summed E-state index contributed by atoms with van der Waals surface area (Å²) in [6.45, 7) is 8.48. The van der Waals surface area contributed by atoms with Crippen LogP contribution in [0.15, 0.2) is 0 Å². The van der Waals surface area contributed by atoms with Crippen molar-refractivity contribution in [2.45, 2.75) is 71.8 Å². The summed E-state index contributed by atoms with van der Waals surface area (Å²) in [5.41, 5.74) is 0. The second kappa shape index (κ2) is 9.80. The second-order valence-corrected chi connectivity index (χ2v) is 8.57. The zero-order valence-corrected chi connectivity index (χ0v) is 14.8. The highest BCUT2D eigenvalue weighted by Crippen LogP contribution is 2.30. The molecule has 0 aromatic heterocycles. The number of hydrogen-bond acceptors (Lipinski definition) is 3. The van der Waals surface area contributed by atoms with E-state index >= 15 is 0 Å². The highest BCUT2D eigenvalue weighted by Gasteiger charge is 2.30. The van der Waals surface area contributed by atoms with Crippen LogP contribution in [0.5, 0.6) is 0 Å². The molecule has 5 heteroatoms.